The highest BCUT2D eigenvalue weighted by atomic mass is 35.5. The topological polar surface area (TPSA) is 38.8 Å². The molecule has 1 aromatic carbocycles. The van der Waals surface area contributed by atoms with Crippen LogP contribution in [0, 0.1) is 0 Å². The average molecular weight is 300 g/mol. The number of ether oxygens (including phenoxy) is 2. The van der Waals surface area contributed by atoms with Crippen LogP contribution in [0.5, 0.6) is 5.75 Å². The van der Waals surface area contributed by atoms with Crippen molar-refractivity contribution in [1.29, 1.82) is 0 Å². The van der Waals surface area contributed by atoms with Crippen LogP contribution in [-0.2, 0) is 4.74 Å². The Morgan fingerprint density at radius 3 is 2.55 bits per heavy atom. The van der Waals surface area contributed by atoms with E-state index < -0.39 is 0 Å². The number of Topliss-reactive ketones (excluding diaryl/α,β-unsaturated/α-hetero) is 1. The van der Waals surface area contributed by atoms with E-state index in [0.717, 1.165) is 17.9 Å². The zero-order chi connectivity index (χ0) is 13.9. The summed E-state index contributed by atoms with van der Waals surface area (Å²) in [5.74, 6) is 0.904. The largest absolute Gasteiger partial charge is 0.497 e. The van der Waals surface area contributed by atoms with Gasteiger partial charge in [-0.05, 0) is 38.1 Å². The van der Waals surface area contributed by atoms with Gasteiger partial charge in [0.1, 0.15) is 5.75 Å². The van der Waals surface area contributed by atoms with Crippen molar-refractivity contribution in [3.63, 3.8) is 0 Å². The number of morpholine rings is 1. The van der Waals surface area contributed by atoms with Crippen molar-refractivity contribution in [3.05, 3.63) is 29.8 Å². The lowest BCUT2D eigenvalue weighted by atomic mass is 10.0. The molecule has 0 radical (unpaired) electrons. The van der Waals surface area contributed by atoms with Gasteiger partial charge in [0.05, 0.1) is 26.9 Å². The lowest BCUT2D eigenvalue weighted by Gasteiger charge is -2.41. The van der Waals surface area contributed by atoms with E-state index in [4.69, 9.17) is 9.47 Å². The van der Waals surface area contributed by atoms with Crippen LogP contribution >= 0.6 is 12.4 Å². The van der Waals surface area contributed by atoms with E-state index in [2.05, 4.69) is 18.7 Å². The van der Waals surface area contributed by atoms with E-state index in [1.54, 1.807) is 7.11 Å². The number of hydrogen-bond donors (Lipinski definition) is 0. The van der Waals surface area contributed by atoms with E-state index in [-0.39, 0.29) is 23.7 Å². The zero-order valence-corrected chi connectivity index (χ0v) is 13.0. The summed E-state index contributed by atoms with van der Waals surface area (Å²) < 4.78 is 10.6. The molecule has 112 valence electrons. The molecule has 2 rings (SSSR count). The first kappa shape index (κ1) is 17.0. The van der Waals surface area contributed by atoms with Gasteiger partial charge in [-0.2, -0.15) is 0 Å². The summed E-state index contributed by atoms with van der Waals surface area (Å²) in [5, 5.41) is 0. The molecule has 0 aromatic heterocycles. The van der Waals surface area contributed by atoms with Gasteiger partial charge in [-0.1, -0.05) is 0 Å². The number of hydrogen-bond acceptors (Lipinski definition) is 4. The third-order valence-corrected chi connectivity index (χ3v) is 3.56. The van der Waals surface area contributed by atoms with Crippen LogP contribution in [0.4, 0.5) is 0 Å². The van der Waals surface area contributed by atoms with Crippen LogP contribution < -0.4 is 4.74 Å². The van der Waals surface area contributed by atoms with Crippen LogP contribution in [0.25, 0.3) is 0 Å². The standard InChI is InChI=1S/C15H21NO3.ClH/c1-15(2)11-19-9-8-16(15)10-14(17)12-4-6-13(18-3)7-5-12;/h4-7H,8-11H2,1-3H3;1H. The predicted molar refractivity (Wildman–Crippen MR) is 81.0 cm³/mol. The predicted octanol–water partition coefficient (Wildman–Crippen LogP) is 2.41. The number of ketones is 1. The number of rotatable bonds is 4. The summed E-state index contributed by atoms with van der Waals surface area (Å²) in [6, 6.07) is 7.26. The summed E-state index contributed by atoms with van der Waals surface area (Å²) in [4.78, 5) is 14.5. The van der Waals surface area contributed by atoms with Crippen molar-refractivity contribution in [2.24, 2.45) is 0 Å². The first-order valence-electron chi connectivity index (χ1n) is 6.53. The van der Waals surface area contributed by atoms with Crippen LogP contribution in [0.1, 0.15) is 24.2 Å². The van der Waals surface area contributed by atoms with Crippen molar-refractivity contribution in [2.45, 2.75) is 19.4 Å². The number of benzene rings is 1. The fourth-order valence-electron chi connectivity index (χ4n) is 2.23. The fraction of sp³-hybridized carbons (Fsp3) is 0.533. The van der Waals surface area contributed by atoms with Crippen molar-refractivity contribution in [1.82, 2.24) is 4.90 Å². The highest BCUT2D eigenvalue weighted by Crippen LogP contribution is 2.20. The van der Waals surface area contributed by atoms with Gasteiger partial charge in [0.15, 0.2) is 5.78 Å². The second kappa shape index (κ2) is 7.07. The van der Waals surface area contributed by atoms with Gasteiger partial charge in [-0.15, -0.1) is 12.4 Å². The van der Waals surface area contributed by atoms with Gasteiger partial charge >= 0.3 is 0 Å². The Morgan fingerprint density at radius 1 is 1.35 bits per heavy atom. The molecule has 0 amide bonds. The fourth-order valence-corrected chi connectivity index (χ4v) is 2.23. The second-order valence-corrected chi connectivity index (χ2v) is 5.44. The molecule has 0 bridgehead atoms. The maximum Gasteiger partial charge on any atom is 0.176 e. The van der Waals surface area contributed by atoms with E-state index in [1.807, 2.05) is 24.3 Å². The molecule has 1 aromatic rings. The molecular weight excluding hydrogens is 278 g/mol. The van der Waals surface area contributed by atoms with Crippen LogP contribution in [0.15, 0.2) is 24.3 Å². The Kier molecular flexibility index (Phi) is 5.99. The second-order valence-electron chi connectivity index (χ2n) is 5.44. The minimum absolute atomic E-state index is 0. The third kappa shape index (κ3) is 3.95. The van der Waals surface area contributed by atoms with E-state index in [9.17, 15) is 4.79 Å². The monoisotopic (exact) mass is 299 g/mol. The molecule has 4 nitrogen and oxygen atoms in total. The zero-order valence-electron chi connectivity index (χ0n) is 12.2. The highest BCUT2D eigenvalue weighted by molar-refractivity contribution is 5.97. The Labute approximate surface area is 126 Å². The quantitative estimate of drug-likeness (QED) is 0.800. The molecule has 0 aliphatic carbocycles. The van der Waals surface area contributed by atoms with Gasteiger partial charge < -0.3 is 9.47 Å². The van der Waals surface area contributed by atoms with Gasteiger partial charge in [0.2, 0.25) is 0 Å². The lowest BCUT2D eigenvalue weighted by molar-refractivity contribution is -0.0467. The highest BCUT2D eigenvalue weighted by Gasteiger charge is 2.31. The first-order chi connectivity index (χ1) is 9.03. The normalized spacial score (nSPS) is 18.1. The SMILES string of the molecule is COc1ccc(C(=O)CN2CCOCC2(C)C)cc1.Cl. The summed E-state index contributed by atoms with van der Waals surface area (Å²) >= 11 is 0. The van der Waals surface area contributed by atoms with Crippen LogP contribution in [0.2, 0.25) is 0 Å². The van der Waals surface area contributed by atoms with E-state index in [0.29, 0.717) is 19.8 Å². The average Bonchev–Trinajstić information content (AvgIpc) is 2.41. The summed E-state index contributed by atoms with van der Waals surface area (Å²) in [6.45, 7) is 6.81. The number of nitrogens with zero attached hydrogens (tertiary/aromatic N) is 1. The maximum atomic E-state index is 12.3. The van der Waals surface area contributed by atoms with Crippen molar-refractivity contribution < 1.29 is 14.3 Å². The minimum Gasteiger partial charge on any atom is -0.497 e. The number of carbonyl (C=O) groups excluding carboxylic acids is 1. The Bertz CT molecular complexity index is 445. The third-order valence-electron chi connectivity index (χ3n) is 3.56. The maximum absolute atomic E-state index is 12.3. The van der Waals surface area contributed by atoms with Gasteiger partial charge in [0, 0.05) is 17.6 Å². The van der Waals surface area contributed by atoms with Crippen LogP contribution in [0.3, 0.4) is 0 Å². The summed E-state index contributed by atoms with van der Waals surface area (Å²) in [6.07, 6.45) is 0. The molecule has 1 heterocycles. The van der Waals surface area contributed by atoms with Crippen LogP contribution in [-0.4, -0.2) is 49.6 Å². The molecule has 1 saturated heterocycles. The Morgan fingerprint density at radius 2 is 2.00 bits per heavy atom. The number of halogens is 1. The molecule has 0 atom stereocenters. The molecule has 0 unspecified atom stereocenters. The molecule has 1 aliphatic rings. The molecule has 1 fully saturated rings. The smallest absolute Gasteiger partial charge is 0.176 e. The molecule has 0 saturated carbocycles. The Hall–Kier alpha value is -1.10. The molecular formula is C15H22ClNO3. The van der Waals surface area contributed by atoms with E-state index >= 15 is 0 Å². The molecule has 0 N–H and O–H groups in total. The van der Waals surface area contributed by atoms with Gasteiger partial charge in [0.25, 0.3) is 0 Å². The van der Waals surface area contributed by atoms with Gasteiger partial charge in [-0.3, -0.25) is 9.69 Å². The minimum atomic E-state index is -0.0830. The molecule has 0 spiro atoms. The number of methoxy groups -OCH3 is 1. The summed E-state index contributed by atoms with van der Waals surface area (Å²) in [5.41, 5.74) is 0.642. The Balaban J connectivity index is 0.00000200. The first-order valence-corrected chi connectivity index (χ1v) is 6.53. The molecule has 20 heavy (non-hydrogen) atoms. The molecule has 1 aliphatic heterocycles. The van der Waals surface area contributed by atoms with Crippen molar-refractivity contribution in [3.8, 4) is 5.75 Å². The number of carbonyl (C=O) groups is 1. The van der Waals surface area contributed by atoms with Gasteiger partial charge in [-0.25, -0.2) is 0 Å². The van der Waals surface area contributed by atoms with Crippen molar-refractivity contribution >= 4 is 18.2 Å². The summed E-state index contributed by atoms with van der Waals surface area (Å²) in [7, 11) is 1.62. The lowest BCUT2D eigenvalue weighted by Crippen LogP contribution is -2.54. The molecule has 5 heteroatoms. The van der Waals surface area contributed by atoms with E-state index in [1.165, 1.54) is 0 Å². The van der Waals surface area contributed by atoms with Crippen molar-refractivity contribution in [2.75, 3.05) is 33.4 Å².